The average Bonchev–Trinajstić information content (AvgIpc) is 3.11. The average molecular weight is 350 g/mol. The van der Waals surface area contributed by atoms with E-state index in [1.54, 1.807) is 43.3 Å². The lowest BCUT2D eigenvalue weighted by molar-refractivity contribution is 0.101. The number of rotatable bonds is 5. The topological polar surface area (TPSA) is 85.6 Å². The number of anilines is 1. The number of para-hydroxylation sites is 1. The Hall–Kier alpha value is -3.68. The zero-order valence-corrected chi connectivity index (χ0v) is 14.0. The second-order valence-corrected chi connectivity index (χ2v) is 5.34. The number of amides is 1. The second kappa shape index (κ2) is 7.06. The third-order valence-corrected chi connectivity index (χ3v) is 3.62. The van der Waals surface area contributed by atoms with Crippen molar-refractivity contribution in [2.45, 2.75) is 6.92 Å². The van der Waals surface area contributed by atoms with Gasteiger partial charge >= 0.3 is 0 Å². The Morgan fingerprint density at radius 2 is 2.04 bits per heavy atom. The summed E-state index contributed by atoms with van der Waals surface area (Å²) in [6, 6.07) is 7.94. The molecule has 2 heterocycles. The van der Waals surface area contributed by atoms with Gasteiger partial charge < -0.3 is 5.32 Å². The third-order valence-electron chi connectivity index (χ3n) is 3.62. The molecule has 0 aliphatic rings. The quantitative estimate of drug-likeness (QED) is 0.764. The van der Waals surface area contributed by atoms with Crippen LogP contribution in [-0.2, 0) is 0 Å². The van der Waals surface area contributed by atoms with E-state index in [-0.39, 0.29) is 11.5 Å². The van der Waals surface area contributed by atoms with Crippen molar-refractivity contribution in [2.24, 2.45) is 0 Å². The number of benzene rings is 1. The molecule has 0 radical (unpaired) electrons. The molecule has 0 saturated carbocycles. The van der Waals surface area contributed by atoms with Crippen molar-refractivity contribution in [1.29, 1.82) is 0 Å². The lowest BCUT2D eigenvalue weighted by atomic mass is 10.2. The second-order valence-electron chi connectivity index (χ2n) is 5.34. The number of nitrogens with one attached hydrogen (secondary N) is 1. The lowest BCUT2D eigenvalue weighted by Gasteiger charge is -2.05. The van der Waals surface area contributed by atoms with Crippen LogP contribution in [0.4, 0.5) is 10.2 Å². The Morgan fingerprint density at radius 1 is 1.23 bits per heavy atom. The fourth-order valence-electron chi connectivity index (χ4n) is 2.34. The maximum absolute atomic E-state index is 14.0. The summed E-state index contributed by atoms with van der Waals surface area (Å²) < 4.78 is 14.0. The molecule has 1 amide bonds. The summed E-state index contributed by atoms with van der Waals surface area (Å²) in [7, 11) is 0. The van der Waals surface area contributed by atoms with E-state index in [4.69, 9.17) is 0 Å². The van der Waals surface area contributed by atoms with Crippen LogP contribution < -0.4 is 5.32 Å². The van der Waals surface area contributed by atoms with Gasteiger partial charge in [-0.2, -0.15) is 0 Å². The molecular weight excluding hydrogens is 335 g/mol. The van der Waals surface area contributed by atoms with Gasteiger partial charge in [-0.05, 0) is 47.5 Å². The number of carbonyl (C=O) groups excluding carboxylic acids is 1. The lowest BCUT2D eigenvalue weighted by Crippen LogP contribution is -2.15. The highest BCUT2D eigenvalue weighted by Gasteiger charge is 2.17. The first-order valence-corrected chi connectivity index (χ1v) is 7.66. The maximum Gasteiger partial charge on any atom is 0.298 e. The predicted octanol–water partition coefficient (Wildman–Crippen LogP) is 3.04. The molecule has 7 nitrogen and oxygen atoms in total. The molecule has 0 bridgehead atoms. The number of nitrogens with zero attached hydrogens (tertiary/aromatic N) is 5. The molecule has 0 aliphatic carbocycles. The van der Waals surface area contributed by atoms with E-state index >= 15 is 0 Å². The zero-order valence-electron chi connectivity index (χ0n) is 14.0. The van der Waals surface area contributed by atoms with Gasteiger partial charge in [-0.15, -0.1) is 15.0 Å². The van der Waals surface area contributed by atoms with Gasteiger partial charge in [0.1, 0.15) is 11.5 Å². The van der Waals surface area contributed by atoms with Crippen LogP contribution in [-0.4, -0.2) is 31.1 Å². The standard InChI is InChI=1S/C18H15FN6O/c1-4-12-9-10-15(20-14(12)5-2)21-18(26)17-22-24-25(23-17)16-11(3)7-6-8-13(16)19/h4-10H,1-2H2,3H3,(H,20,21,26). The van der Waals surface area contributed by atoms with Gasteiger partial charge in [0.05, 0.1) is 5.69 Å². The monoisotopic (exact) mass is 350 g/mol. The number of pyridine rings is 1. The first kappa shape index (κ1) is 17.2. The summed E-state index contributed by atoms with van der Waals surface area (Å²) in [5.41, 5.74) is 2.13. The summed E-state index contributed by atoms with van der Waals surface area (Å²) in [6.07, 6.45) is 3.20. The van der Waals surface area contributed by atoms with Crippen molar-refractivity contribution >= 4 is 23.9 Å². The minimum Gasteiger partial charge on any atom is -0.304 e. The van der Waals surface area contributed by atoms with Crippen LogP contribution in [0.3, 0.4) is 0 Å². The maximum atomic E-state index is 14.0. The van der Waals surface area contributed by atoms with Gasteiger partial charge in [-0.1, -0.05) is 31.4 Å². The number of carbonyl (C=O) groups is 1. The molecule has 1 N–H and O–H groups in total. The molecule has 0 unspecified atom stereocenters. The molecule has 0 spiro atoms. The van der Waals surface area contributed by atoms with E-state index in [1.165, 1.54) is 6.07 Å². The summed E-state index contributed by atoms with van der Waals surface area (Å²) in [6.45, 7) is 9.07. The van der Waals surface area contributed by atoms with Crippen molar-refractivity contribution in [3.05, 3.63) is 72.0 Å². The van der Waals surface area contributed by atoms with E-state index in [0.29, 0.717) is 17.1 Å². The van der Waals surface area contributed by atoms with Gasteiger partial charge in [0, 0.05) is 0 Å². The zero-order chi connectivity index (χ0) is 18.7. The highest BCUT2D eigenvalue weighted by atomic mass is 19.1. The van der Waals surface area contributed by atoms with Gasteiger partial charge in [-0.3, -0.25) is 4.79 Å². The summed E-state index contributed by atoms with van der Waals surface area (Å²) >= 11 is 0. The molecule has 26 heavy (non-hydrogen) atoms. The Morgan fingerprint density at radius 3 is 2.73 bits per heavy atom. The number of aromatic nitrogens is 5. The summed E-state index contributed by atoms with van der Waals surface area (Å²) in [4.78, 5) is 17.6. The summed E-state index contributed by atoms with van der Waals surface area (Å²) in [5, 5.41) is 14.0. The van der Waals surface area contributed by atoms with Gasteiger partial charge in [0.25, 0.3) is 11.7 Å². The summed E-state index contributed by atoms with van der Waals surface area (Å²) in [5.74, 6) is -1.03. The smallest absolute Gasteiger partial charge is 0.298 e. The fraction of sp³-hybridized carbons (Fsp3) is 0.0556. The molecule has 3 rings (SSSR count). The Kier molecular flexibility index (Phi) is 4.66. The minimum atomic E-state index is -0.612. The van der Waals surface area contributed by atoms with Crippen LogP contribution in [0, 0.1) is 12.7 Å². The van der Waals surface area contributed by atoms with E-state index < -0.39 is 11.7 Å². The van der Waals surface area contributed by atoms with E-state index in [0.717, 1.165) is 10.4 Å². The molecule has 0 atom stereocenters. The Balaban J connectivity index is 1.85. The van der Waals surface area contributed by atoms with Crippen molar-refractivity contribution < 1.29 is 9.18 Å². The molecular formula is C18H15FN6O. The SMILES string of the molecule is C=Cc1ccc(NC(=O)c2nnn(-c3c(C)cccc3F)n2)nc1C=C. The van der Waals surface area contributed by atoms with Gasteiger partial charge in [0.15, 0.2) is 5.82 Å². The third kappa shape index (κ3) is 3.25. The Labute approximate surface area is 148 Å². The molecule has 1 aromatic carbocycles. The van der Waals surface area contributed by atoms with Crippen molar-refractivity contribution in [1.82, 2.24) is 25.2 Å². The first-order chi connectivity index (χ1) is 12.5. The molecule has 0 aliphatic heterocycles. The number of hydrogen-bond donors (Lipinski definition) is 1. The van der Waals surface area contributed by atoms with Crippen molar-refractivity contribution in [3.63, 3.8) is 0 Å². The number of hydrogen-bond acceptors (Lipinski definition) is 5. The van der Waals surface area contributed by atoms with Crippen LogP contribution in [0.2, 0.25) is 0 Å². The highest BCUT2D eigenvalue weighted by molar-refractivity contribution is 6.00. The van der Waals surface area contributed by atoms with Crippen LogP contribution in [0.25, 0.3) is 17.8 Å². The highest BCUT2D eigenvalue weighted by Crippen LogP contribution is 2.16. The molecule has 3 aromatic rings. The molecule has 8 heteroatoms. The van der Waals surface area contributed by atoms with Gasteiger partial charge in [-0.25, -0.2) is 9.37 Å². The largest absolute Gasteiger partial charge is 0.304 e. The van der Waals surface area contributed by atoms with Crippen molar-refractivity contribution in [2.75, 3.05) is 5.32 Å². The van der Waals surface area contributed by atoms with E-state index in [1.807, 2.05) is 0 Å². The van der Waals surface area contributed by atoms with Crippen LogP contribution in [0.15, 0.2) is 43.5 Å². The molecule has 0 fully saturated rings. The minimum absolute atomic E-state index is 0.140. The molecule has 2 aromatic heterocycles. The number of tetrazole rings is 1. The normalized spacial score (nSPS) is 10.4. The fourth-order valence-corrected chi connectivity index (χ4v) is 2.34. The van der Waals surface area contributed by atoms with Crippen LogP contribution in [0.1, 0.15) is 27.4 Å². The number of aryl methyl sites for hydroxylation is 1. The molecule has 0 saturated heterocycles. The van der Waals surface area contributed by atoms with Gasteiger partial charge in [0.2, 0.25) is 0 Å². The van der Waals surface area contributed by atoms with Crippen LogP contribution in [0.5, 0.6) is 0 Å². The van der Waals surface area contributed by atoms with E-state index in [9.17, 15) is 9.18 Å². The Bertz CT molecular complexity index is 990. The first-order valence-electron chi connectivity index (χ1n) is 7.66. The van der Waals surface area contributed by atoms with Crippen LogP contribution >= 0.6 is 0 Å². The predicted molar refractivity (Wildman–Crippen MR) is 96.2 cm³/mol. The van der Waals surface area contributed by atoms with E-state index in [2.05, 4.69) is 38.9 Å². The van der Waals surface area contributed by atoms with Crippen molar-refractivity contribution in [3.8, 4) is 5.69 Å². The number of halogens is 1. The molecule has 130 valence electrons.